The van der Waals surface area contributed by atoms with Crippen LogP contribution in [0, 0.1) is 11.7 Å². The molecule has 23 heavy (non-hydrogen) atoms. The van der Waals surface area contributed by atoms with Gasteiger partial charge in [-0.1, -0.05) is 11.6 Å². The van der Waals surface area contributed by atoms with Crippen molar-refractivity contribution in [2.75, 3.05) is 38.7 Å². The van der Waals surface area contributed by atoms with Crippen molar-refractivity contribution in [3.63, 3.8) is 0 Å². The Kier molecular flexibility index (Phi) is 6.77. The van der Waals surface area contributed by atoms with E-state index in [4.69, 9.17) is 16.3 Å². The molecule has 1 atom stereocenters. The summed E-state index contributed by atoms with van der Waals surface area (Å²) in [4.78, 5) is 14.4. The number of nitrogens with zero attached hydrogens (tertiary/aromatic N) is 1. The second kappa shape index (κ2) is 8.59. The highest BCUT2D eigenvalue weighted by atomic mass is 35.5. The van der Waals surface area contributed by atoms with Crippen molar-refractivity contribution in [3.05, 3.63) is 29.0 Å². The van der Waals surface area contributed by atoms with E-state index in [1.165, 1.54) is 18.2 Å². The molecule has 1 aromatic carbocycles. The predicted octanol–water partition coefficient (Wildman–Crippen LogP) is 2.14. The van der Waals surface area contributed by atoms with Crippen LogP contribution in [0.15, 0.2) is 18.2 Å². The van der Waals surface area contributed by atoms with Crippen LogP contribution in [0.4, 0.5) is 10.1 Å². The zero-order chi connectivity index (χ0) is 16.8. The number of piperidine rings is 1. The molecular weight excluding hydrogens is 323 g/mol. The number of carbonyl (C=O) groups is 1. The lowest BCUT2D eigenvalue weighted by Gasteiger charge is -2.32. The molecule has 1 heterocycles. The van der Waals surface area contributed by atoms with Crippen LogP contribution in [-0.4, -0.2) is 55.4 Å². The second-order valence-electron chi connectivity index (χ2n) is 5.80. The molecule has 1 aliphatic rings. The van der Waals surface area contributed by atoms with Crippen molar-refractivity contribution in [1.29, 1.82) is 0 Å². The number of hydrogen-bond acceptors (Lipinski definition) is 4. The number of likely N-dealkylation sites (tertiary alicyclic amines) is 1. The Morgan fingerprint density at radius 2 is 2.22 bits per heavy atom. The normalized spacial score (nSPS) is 17.9. The molecule has 0 unspecified atom stereocenters. The first-order valence-electron chi connectivity index (χ1n) is 7.65. The van der Waals surface area contributed by atoms with E-state index in [0.717, 1.165) is 25.9 Å². The fourth-order valence-corrected chi connectivity index (χ4v) is 2.92. The van der Waals surface area contributed by atoms with E-state index in [1.807, 2.05) is 0 Å². The molecule has 0 aliphatic carbocycles. The summed E-state index contributed by atoms with van der Waals surface area (Å²) in [6.07, 6.45) is 0.938. The predicted molar refractivity (Wildman–Crippen MR) is 87.1 cm³/mol. The maximum atomic E-state index is 13.1. The van der Waals surface area contributed by atoms with Gasteiger partial charge in [-0.05, 0) is 44.1 Å². The highest BCUT2D eigenvalue weighted by Gasteiger charge is 2.26. The van der Waals surface area contributed by atoms with Crippen LogP contribution in [0.5, 0.6) is 0 Å². The van der Waals surface area contributed by atoms with E-state index in [1.54, 1.807) is 7.11 Å². The van der Waals surface area contributed by atoms with Gasteiger partial charge >= 0.3 is 0 Å². The Hall–Kier alpha value is -1.21. The van der Waals surface area contributed by atoms with E-state index in [2.05, 4.69) is 10.2 Å². The van der Waals surface area contributed by atoms with Gasteiger partial charge in [-0.3, -0.25) is 4.79 Å². The number of aliphatic hydroxyl groups excluding tert-OH is 1. The lowest BCUT2D eigenvalue weighted by Crippen LogP contribution is -2.42. The monoisotopic (exact) mass is 344 g/mol. The van der Waals surface area contributed by atoms with Gasteiger partial charge in [0.05, 0.1) is 17.7 Å². The quantitative estimate of drug-likeness (QED) is 0.830. The van der Waals surface area contributed by atoms with Gasteiger partial charge in [0.15, 0.2) is 0 Å². The Labute approximate surface area is 140 Å². The van der Waals surface area contributed by atoms with Crippen LogP contribution < -0.4 is 5.32 Å². The van der Waals surface area contributed by atoms with E-state index in [0.29, 0.717) is 18.8 Å². The standard InChI is InChI=1S/C16H22ClFN2O3/c1-23-10-13(21)9-20-6-4-11(5-7-20)16(22)19-12-2-3-15(18)14(17)8-12/h2-3,8,11,13,21H,4-7,9-10H2,1H3,(H,19,22)/t13-/m0/s1. The SMILES string of the molecule is COC[C@@H](O)CN1CCC(C(=O)Nc2ccc(F)c(Cl)c2)CC1. The molecule has 2 N–H and O–H groups in total. The summed E-state index contributed by atoms with van der Waals surface area (Å²) >= 11 is 5.71. The first-order chi connectivity index (χ1) is 11.0. The number of amides is 1. The van der Waals surface area contributed by atoms with Crippen LogP contribution in [0.2, 0.25) is 5.02 Å². The number of benzene rings is 1. The summed E-state index contributed by atoms with van der Waals surface area (Å²) in [5.74, 6) is -0.674. The van der Waals surface area contributed by atoms with Crippen LogP contribution in [0.1, 0.15) is 12.8 Å². The van der Waals surface area contributed by atoms with Gasteiger partial charge in [0.25, 0.3) is 0 Å². The average Bonchev–Trinajstić information content (AvgIpc) is 2.52. The van der Waals surface area contributed by atoms with Gasteiger partial charge < -0.3 is 20.1 Å². The van der Waals surface area contributed by atoms with E-state index < -0.39 is 11.9 Å². The summed E-state index contributed by atoms with van der Waals surface area (Å²) < 4.78 is 18.0. The largest absolute Gasteiger partial charge is 0.389 e. The number of β-amino-alcohol motifs (C(OH)–C–C–N with tert-alkyl or cyclic N) is 1. The minimum Gasteiger partial charge on any atom is -0.389 e. The number of rotatable bonds is 6. The van der Waals surface area contributed by atoms with E-state index in [-0.39, 0.29) is 16.8 Å². The van der Waals surface area contributed by atoms with E-state index >= 15 is 0 Å². The molecule has 7 heteroatoms. The number of anilines is 1. The Balaban J connectivity index is 1.80. The fourth-order valence-electron chi connectivity index (χ4n) is 2.74. The first-order valence-corrected chi connectivity index (χ1v) is 8.02. The molecule has 0 aromatic heterocycles. The van der Waals surface area contributed by atoms with Crippen molar-refractivity contribution >= 4 is 23.2 Å². The van der Waals surface area contributed by atoms with Gasteiger partial charge in [-0.15, -0.1) is 0 Å². The number of ether oxygens (including phenoxy) is 1. The Morgan fingerprint density at radius 1 is 1.52 bits per heavy atom. The van der Waals surface area contributed by atoms with Gasteiger partial charge in [0, 0.05) is 25.3 Å². The number of hydrogen-bond donors (Lipinski definition) is 2. The number of halogens is 2. The third kappa shape index (κ3) is 5.42. The number of aliphatic hydroxyl groups is 1. The molecule has 0 saturated carbocycles. The maximum absolute atomic E-state index is 13.1. The molecule has 0 bridgehead atoms. The molecule has 2 rings (SSSR count). The molecule has 1 aromatic rings. The van der Waals surface area contributed by atoms with Crippen LogP contribution in [0.3, 0.4) is 0 Å². The third-order valence-electron chi connectivity index (χ3n) is 3.97. The van der Waals surface area contributed by atoms with Crippen molar-refractivity contribution in [2.45, 2.75) is 18.9 Å². The highest BCUT2D eigenvalue weighted by molar-refractivity contribution is 6.31. The summed E-state index contributed by atoms with van der Waals surface area (Å²) in [7, 11) is 1.56. The molecule has 1 fully saturated rings. The summed E-state index contributed by atoms with van der Waals surface area (Å²) in [5, 5.41) is 12.5. The number of methoxy groups -OCH3 is 1. The van der Waals surface area contributed by atoms with Crippen molar-refractivity contribution in [3.8, 4) is 0 Å². The van der Waals surface area contributed by atoms with Gasteiger partial charge in [-0.2, -0.15) is 0 Å². The summed E-state index contributed by atoms with van der Waals surface area (Å²) in [6, 6.07) is 4.14. The van der Waals surface area contributed by atoms with E-state index in [9.17, 15) is 14.3 Å². The topological polar surface area (TPSA) is 61.8 Å². The third-order valence-corrected chi connectivity index (χ3v) is 4.26. The Bertz CT molecular complexity index is 536. The van der Waals surface area contributed by atoms with Crippen molar-refractivity contribution in [2.24, 2.45) is 5.92 Å². The van der Waals surface area contributed by atoms with Gasteiger partial charge in [-0.25, -0.2) is 4.39 Å². The zero-order valence-corrected chi connectivity index (χ0v) is 13.9. The molecule has 1 aliphatic heterocycles. The molecular formula is C16H22ClFN2O3. The smallest absolute Gasteiger partial charge is 0.227 e. The van der Waals surface area contributed by atoms with Gasteiger partial charge in [0.2, 0.25) is 5.91 Å². The molecule has 128 valence electrons. The molecule has 1 saturated heterocycles. The lowest BCUT2D eigenvalue weighted by atomic mass is 9.95. The fraction of sp³-hybridized carbons (Fsp3) is 0.562. The van der Waals surface area contributed by atoms with Crippen LogP contribution in [0.25, 0.3) is 0 Å². The minimum atomic E-state index is -0.508. The minimum absolute atomic E-state index is 0.00949. The van der Waals surface area contributed by atoms with Crippen molar-refractivity contribution < 1.29 is 19.0 Å². The summed E-state index contributed by atoms with van der Waals surface area (Å²) in [6.45, 7) is 2.37. The zero-order valence-electron chi connectivity index (χ0n) is 13.1. The van der Waals surface area contributed by atoms with Gasteiger partial charge in [0.1, 0.15) is 5.82 Å². The molecule has 0 spiro atoms. The molecule has 5 nitrogen and oxygen atoms in total. The molecule has 1 amide bonds. The number of carbonyl (C=O) groups excluding carboxylic acids is 1. The van der Waals surface area contributed by atoms with Crippen LogP contribution >= 0.6 is 11.6 Å². The maximum Gasteiger partial charge on any atom is 0.227 e. The molecule has 0 radical (unpaired) electrons. The summed E-state index contributed by atoms with van der Waals surface area (Å²) in [5.41, 5.74) is 0.499. The lowest BCUT2D eigenvalue weighted by molar-refractivity contribution is -0.121. The van der Waals surface area contributed by atoms with Crippen molar-refractivity contribution in [1.82, 2.24) is 4.90 Å². The van der Waals surface area contributed by atoms with Crippen LogP contribution in [-0.2, 0) is 9.53 Å². The average molecular weight is 345 g/mol. The second-order valence-corrected chi connectivity index (χ2v) is 6.21. The first kappa shape index (κ1) is 18.1. The number of nitrogens with one attached hydrogen (secondary N) is 1. The Morgan fingerprint density at radius 3 is 2.83 bits per heavy atom. The highest BCUT2D eigenvalue weighted by Crippen LogP contribution is 2.22.